The van der Waals surface area contributed by atoms with Crippen molar-refractivity contribution in [3.05, 3.63) is 45.1 Å². The van der Waals surface area contributed by atoms with Gasteiger partial charge in [-0.1, -0.05) is 34.7 Å². The minimum Gasteiger partial charge on any atom is -0.379 e. The zero-order valence-electron chi connectivity index (χ0n) is 13.7. The number of thioether (sulfide) groups is 1. The molecule has 0 aliphatic carbocycles. The molecule has 0 spiro atoms. The van der Waals surface area contributed by atoms with E-state index < -0.39 is 22.9 Å². The number of nitrogens with two attached hydrogens (primary N) is 1. The van der Waals surface area contributed by atoms with Crippen LogP contribution in [0.25, 0.3) is 0 Å². The van der Waals surface area contributed by atoms with E-state index in [9.17, 15) is 9.18 Å². The SMILES string of the molecule is NC1=NC2(c3cc(NC(=O)c4ncc(Cl)s4)ccc3F)COCC2(F)CS1. The van der Waals surface area contributed by atoms with Crippen molar-refractivity contribution >= 4 is 51.5 Å². The van der Waals surface area contributed by atoms with E-state index in [1.165, 1.54) is 18.3 Å². The quantitative estimate of drug-likeness (QED) is 0.780. The normalized spacial score (nSPS) is 27.1. The van der Waals surface area contributed by atoms with Crippen molar-refractivity contribution in [2.45, 2.75) is 11.2 Å². The summed E-state index contributed by atoms with van der Waals surface area (Å²) in [5.74, 6) is -1.14. The Morgan fingerprint density at radius 3 is 2.96 bits per heavy atom. The topological polar surface area (TPSA) is 89.6 Å². The van der Waals surface area contributed by atoms with Crippen LogP contribution in [0, 0.1) is 5.82 Å². The van der Waals surface area contributed by atoms with Gasteiger partial charge in [-0.15, -0.1) is 0 Å². The minimum absolute atomic E-state index is 0.00990. The largest absolute Gasteiger partial charge is 0.379 e. The Labute approximate surface area is 166 Å². The van der Waals surface area contributed by atoms with Gasteiger partial charge in [0.05, 0.1) is 19.4 Å². The Morgan fingerprint density at radius 1 is 1.41 bits per heavy atom. The Balaban J connectivity index is 1.72. The lowest BCUT2D eigenvalue weighted by Crippen LogP contribution is -2.52. The third-order valence-electron chi connectivity index (χ3n) is 4.47. The van der Waals surface area contributed by atoms with E-state index in [1.54, 1.807) is 0 Å². The zero-order valence-corrected chi connectivity index (χ0v) is 16.1. The van der Waals surface area contributed by atoms with Crippen LogP contribution in [0.15, 0.2) is 29.4 Å². The van der Waals surface area contributed by atoms with E-state index in [-0.39, 0.29) is 40.4 Å². The summed E-state index contributed by atoms with van der Waals surface area (Å²) in [5, 5.41) is 2.94. The molecule has 0 saturated carbocycles. The molecule has 2 atom stereocenters. The summed E-state index contributed by atoms with van der Waals surface area (Å²) in [4.78, 5) is 20.4. The van der Waals surface area contributed by atoms with Crippen LogP contribution in [-0.2, 0) is 10.3 Å². The number of nitrogens with one attached hydrogen (secondary N) is 1. The highest BCUT2D eigenvalue weighted by Gasteiger charge is 2.61. The summed E-state index contributed by atoms with van der Waals surface area (Å²) in [6, 6.07) is 3.89. The molecule has 2 aliphatic rings. The molecule has 1 fully saturated rings. The highest BCUT2D eigenvalue weighted by atomic mass is 35.5. The monoisotopic (exact) mass is 430 g/mol. The van der Waals surface area contributed by atoms with Crippen LogP contribution in [0.1, 0.15) is 15.4 Å². The van der Waals surface area contributed by atoms with Crippen LogP contribution in [-0.4, -0.2) is 40.7 Å². The van der Waals surface area contributed by atoms with Gasteiger partial charge in [-0.05, 0) is 18.2 Å². The summed E-state index contributed by atoms with van der Waals surface area (Å²) in [6.45, 7) is -0.342. The maximum atomic E-state index is 15.5. The first-order valence-electron chi connectivity index (χ1n) is 7.80. The first kappa shape index (κ1) is 18.6. The summed E-state index contributed by atoms with van der Waals surface area (Å²) < 4.78 is 35.9. The Bertz CT molecular complexity index is 956. The van der Waals surface area contributed by atoms with Gasteiger partial charge in [0, 0.05) is 17.0 Å². The van der Waals surface area contributed by atoms with Crippen molar-refractivity contribution in [1.29, 1.82) is 0 Å². The molecule has 3 heterocycles. The van der Waals surface area contributed by atoms with E-state index >= 15 is 4.39 Å². The number of aliphatic imine (C=N–C) groups is 1. The molecule has 2 unspecified atom stereocenters. The lowest BCUT2D eigenvalue weighted by atomic mass is 9.79. The second-order valence-electron chi connectivity index (χ2n) is 6.18. The Kier molecular flexibility index (Phi) is 4.61. The predicted octanol–water partition coefficient (Wildman–Crippen LogP) is 3.18. The molecule has 1 aromatic heterocycles. The van der Waals surface area contributed by atoms with Gasteiger partial charge in [0.1, 0.15) is 10.2 Å². The second kappa shape index (κ2) is 6.69. The van der Waals surface area contributed by atoms with E-state index in [0.717, 1.165) is 29.2 Å². The molecule has 0 bridgehead atoms. The number of carbonyl (C=O) groups excluding carboxylic acids is 1. The van der Waals surface area contributed by atoms with Crippen molar-refractivity contribution in [1.82, 2.24) is 4.98 Å². The summed E-state index contributed by atoms with van der Waals surface area (Å²) in [7, 11) is 0. The number of aromatic nitrogens is 1. The minimum atomic E-state index is -1.90. The maximum absolute atomic E-state index is 15.5. The fourth-order valence-electron chi connectivity index (χ4n) is 3.15. The van der Waals surface area contributed by atoms with Gasteiger partial charge in [-0.2, -0.15) is 0 Å². The van der Waals surface area contributed by atoms with Gasteiger partial charge in [0.2, 0.25) is 0 Å². The lowest BCUT2D eigenvalue weighted by molar-refractivity contribution is 0.102. The van der Waals surface area contributed by atoms with Gasteiger partial charge >= 0.3 is 0 Å². The number of alkyl halides is 1. The van der Waals surface area contributed by atoms with Crippen molar-refractivity contribution < 1.29 is 18.3 Å². The van der Waals surface area contributed by atoms with Gasteiger partial charge in [-0.3, -0.25) is 4.79 Å². The summed E-state index contributed by atoms with van der Waals surface area (Å²) >= 11 is 7.87. The third-order valence-corrected chi connectivity index (χ3v) is 6.58. The number of anilines is 1. The number of fused-ring (bicyclic) bond motifs is 1. The molecule has 4 rings (SSSR count). The molecule has 27 heavy (non-hydrogen) atoms. The van der Waals surface area contributed by atoms with E-state index in [0.29, 0.717) is 4.34 Å². The number of nitrogens with zero attached hydrogens (tertiary/aromatic N) is 2. The number of rotatable bonds is 3. The van der Waals surface area contributed by atoms with Crippen molar-refractivity contribution in [2.24, 2.45) is 10.7 Å². The molecular formula is C16H13ClF2N4O2S2. The van der Waals surface area contributed by atoms with Gasteiger partial charge in [0.15, 0.2) is 21.4 Å². The van der Waals surface area contributed by atoms with Crippen molar-refractivity contribution in [2.75, 3.05) is 24.3 Å². The molecule has 2 aromatic rings. The average molecular weight is 431 g/mol. The molecule has 6 nitrogen and oxygen atoms in total. The number of carbonyl (C=O) groups is 1. The maximum Gasteiger partial charge on any atom is 0.284 e. The summed E-state index contributed by atoms with van der Waals surface area (Å²) in [6.07, 6.45) is 1.36. The second-order valence-corrected chi connectivity index (χ2v) is 8.83. The van der Waals surface area contributed by atoms with Crippen LogP contribution in [0.4, 0.5) is 14.5 Å². The highest BCUT2D eigenvalue weighted by Crippen LogP contribution is 2.50. The van der Waals surface area contributed by atoms with Crippen LogP contribution in [0.5, 0.6) is 0 Å². The van der Waals surface area contributed by atoms with Gasteiger partial charge < -0.3 is 15.8 Å². The zero-order chi connectivity index (χ0) is 19.2. The molecule has 2 aliphatic heterocycles. The smallest absolute Gasteiger partial charge is 0.284 e. The molecule has 1 saturated heterocycles. The number of benzene rings is 1. The van der Waals surface area contributed by atoms with Gasteiger partial charge in [-0.25, -0.2) is 18.8 Å². The molecule has 142 valence electrons. The number of ether oxygens (including phenoxy) is 1. The first-order chi connectivity index (χ1) is 12.8. The van der Waals surface area contributed by atoms with Crippen molar-refractivity contribution in [3.8, 4) is 0 Å². The molecule has 1 amide bonds. The molecule has 11 heteroatoms. The van der Waals surface area contributed by atoms with E-state index in [4.69, 9.17) is 22.1 Å². The lowest BCUT2D eigenvalue weighted by Gasteiger charge is -2.38. The predicted molar refractivity (Wildman–Crippen MR) is 102 cm³/mol. The average Bonchev–Trinajstić information content (AvgIpc) is 3.20. The van der Waals surface area contributed by atoms with Crippen LogP contribution in [0.3, 0.4) is 0 Å². The van der Waals surface area contributed by atoms with Crippen LogP contribution < -0.4 is 11.1 Å². The standard InChI is InChI=1S/C16H13ClF2N4O2S2/c17-11-4-21-13(27-11)12(24)22-8-1-2-10(18)9(3-8)16-6-25-5-15(16,19)7-26-14(20)23-16/h1-4H,5-7H2,(H2,20,23)(H,22,24). The number of halogens is 3. The van der Waals surface area contributed by atoms with Crippen LogP contribution in [0.2, 0.25) is 4.34 Å². The number of hydrogen-bond donors (Lipinski definition) is 2. The van der Waals surface area contributed by atoms with Crippen molar-refractivity contribution in [3.63, 3.8) is 0 Å². The number of amidine groups is 1. The fraction of sp³-hybridized carbons (Fsp3) is 0.312. The fourth-order valence-corrected chi connectivity index (χ4v) is 4.88. The van der Waals surface area contributed by atoms with Gasteiger partial charge in [0.25, 0.3) is 5.91 Å². The highest BCUT2D eigenvalue weighted by molar-refractivity contribution is 8.13. The Morgan fingerprint density at radius 2 is 2.22 bits per heavy atom. The molecule has 1 aromatic carbocycles. The summed E-state index contributed by atoms with van der Waals surface area (Å²) in [5.41, 5.74) is 2.58. The van der Waals surface area contributed by atoms with E-state index in [1.807, 2.05) is 0 Å². The third kappa shape index (κ3) is 3.10. The number of hydrogen-bond acceptors (Lipinski definition) is 7. The van der Waals surface area contributed by atoms with Crippen LogP contribution >= 0.6 is 34.7 Å². The molecular weight excluding hydrogens is 418 g/mol. The molecule has 0 radical (unpaired) electrons. The molecule has 3 N–H and O–H groups in total. The number of amides is 1. The Hall–Kier alpha value is -1.75. The van der Waals surface area contributed by atoms with E-state index in [2.05, 4.69) is 15.3 Å². The number of thiazole rings is 1. The first-order valence-corrected chi connectivity index (χ1v) is 9.98.